The molecule has 1 unspecified atom stereocenters. The number of nitrogens with zero attached hydrogens (tertiary/aromatic N) is 2. The molecule has 116 valence electrons. The van der Waals surface area contributed by atoms with E-state index >= 15 is 0 Å². The topological polar surface area (TPSA) is 45.5 Å². The van der Waals surface area contributed by atoms with Crippen molar-refractivity contribution in [3.63, 3.8) is 0 Å². The van der Waals surface area contributed by atoms with Gasteiger partial charge in [-0.1, -0.05) is 19.1 Å². The molecule has 0 amide bonds. The largest absolute Gasteiger partial charge is 0.503 e. The summed E-state index contributed by atoms with van der Waals surface area (Å²) in [4.78, 5) is 14.0. The number of pyridine rings is 1. The third-order valence-electron chi connectivity index (χ3n) is 3.70. The average molecular weight is 290 g/mol. The van der Waals surface area contributed by atoms with Crippen molar-refractivity contribution in [1.82, 2.24) is 9.47 Å². The average Bonchev–Trinajstić information content (AvgIpc) is 2.44. The van der Waals surface area contributed by atoms with Gasteiger partial charge < -0.3 is 9.67 Å². The van der Waals surface area contributed by atoms with Crippen LogP contribution >= 0.6 is 0 Å². The second-order valence-electron chi connectivity index (χ2n) is 5.34. The number of hydrogen-bond acceptors (Lipinski definition) is 3. The Labute approximate surface area is 127 Å². The van der Waals surface area contributed by atoms with E-state index in [1.54, 1.807) is 0 Å². The van der Waals surface area contributed by atoms with Gasteiger partial charge in [0.2, 0.25) is 5.43 Å². The Morgan fingerprint density at radius 3 is 2.43 bits per heavy atom. The lowest BCUT2D eigenvalue weighted by molar-refractivity contribution is 0.299. The highest BCUT2D eigenvalue weighted by atomic mass is 16.3. The van der Waals surface area contributed by atoms with E-state index in [9.17, 15) is 9.90 Å². The fourth-order valence-electron chi connectivity index (χ4n) is 2.52. The molecule has 1 aromatic rings. The van der Waals surface area contributed by atoms with Crippen molar-refractivity contribution in [2.24, 2.45) is 0 Å². The van der Waals surface area contributed by atoms with Gasteiger partial charge in [-0.2, -0.15) is 0 Å². The Morgan fingerprint density at radius 2 is 1.95 bits per heavy atom. The molecule has 21 heavy (non-hydrogen) atoms. The van der Waals surface area contributed by atoms with Gasteiger partial charge in [0.15, 0.2) is 5.75 Å². The van der Waals surface area contributed by atoms with Crippen LogP contribution in [-0.2, 0) is 6.54 Å². The highest BCUT2D eigenvalue weighted by molar-refractivity contribution is 5.30. The molecular weight excluding hydrogens is 264 g/mol. The minimum absolute atomic E-state index is 0.154. The summed E-state index contributed by atoms with van der Waals surface area (Å²) < 4.78 is 2.05. The summed E-state index contributed by atoms with van der Waals surface area (Å²) in [6.45, 7) is 15.4. The summed E-state index contributed by atoms with van der Waals surface area (Å²) in [5.41, 5.74) is 1.22. The normalized spacial score (nSPS) is 12.4. The van der Waals surface area contributed by atoms with E-state index in [1.807, 2.05) is 19.1 Å². The molecule has 0 aliphatic rings. The van der Waals surface area contributed by atoms with Crippen LogP contribution in [0, 0.1) is 6.92 Å². The Hall–Kier alpha value is -1.81. The minimum Gasteiger partial charge on any atom is -0.503 e. The maximum atomic E-state index is 11.9. The number of rotatable bonds is 8. The summed E-state index contributed by atoms with van der Waals surface area (Å²) >= 11 is 0. The van der Waals surface area contributed by atoms with Crippen LogP contribution in [0.25, 0.3) is 0 Å². The minimum atomic E-state index is -0.320. The molecule has 1 aromatic heterocycles. The molecule has 1 N–H and O–H groups in total. The predicted octanol–water partition coefficient (Wildman–Crippen LogP) is 3.01. The van der Waals surface area contributed by atoms with Crippen LogP contribution in [0.1, 0.15) is 37.7 Å². The molecule has 0 saturated heterocycles. The van der Waals surface area contributed by atoms with E-state index < -0.39 is 0 Å². The fraction of sp³-hybridized carbons (Fsp3) is 0.471. The van der Waals surface area contributed by atoms with Crippen LogP contribution in [-0.4, -0.2) is 27.7 Å². The molecule has 0 bridgehead atoms. The van der Waals surface area contributed by atoms with Gasteiger partial charge in [0, 0.05) is 37.4 Å². The van der Waals surface area contributed by atoms with E-state index in [4.69, 9.17) is 0 Å². The maximum Gasteiger partial charge on any atom is 0.223 e. The predicted molar refractivity (Wildman–Crippen MR) is 87.8 cm³/mol. The number of aromatic nitrogens is 1. The van der Waals surface area contributed by atoms with Crippen molar-refractivity contribution >= 4 is 0 Å². The van der Waals surface area contributed by atoms with Crippen molar-refractivity contribution < 1.29 is 5.11 Å². The van der Waals surface area contributed by atoms with E-state index in [0.717, 1.165) is 12.1 Å². The first-order chi connectivity index (χ1) is 9.96. The summed E-state index contributed by atoms with van der Waals surface area (Å²) in [5, 5.41) is 10.2. The zero-order valence-electron chi connectivity index (χ0n) is 13.3. The van der Waals surface area contributed by atoms with Crippen LogP contribution in [0.3, 0.4) is 0 Å². The van der Waals surface area contributed by atoms with Crippen LogP contribution < -0.4 is 5.43 Å². The molecule has 0 aliphatic heterocycles. The molecule has 1 heterocycles. The Morgan fingerprint density at radius 1 is 1.38 bits per heavy atom. The zero-order valence-corrected chi connectivity index (χ0v) is 13.3. The third-order valence-corrected chi connectivity index (χ3v) is 3.70. The third kappa shape index (κ3) is 4.08. The second-order valence-corrected chi connectivity index (χ2v) is 5.34. The van der Waals surface area contributed by atoms with Crippen LogP contribution in [0.2, 0.25) is 0 Å². The van der Waals surface area contributed by atoms with Gasteiger partial charge in [0.1, 0.15) is 0 Å². The molecular formula is C17H26N2O2. The lowest BCUT2D eigenvalue weighted by Crippen LogP contribution is -2.28. The Balaban J connectivity index is 3.33. The second kappa shape index (κ2) is 7.84. The van der Waals surface area contributed by atoms with Gasteiger partial charge in [0.25, 0.3) is 0 Å². The van der Waals surface area contributed by atoms with Gasteiger partial charge >= 0.3 is 0 Å². The molecule has 0 saturated carbocycles. The van der Waals surface area contributed by atoms with E-state index in [2.05, 4.69) is 36.5 Å². The summed E-state index contributed by atoms with van der Waals surface area (Å²) in [6.07, 6.45) is 4.54. The first kappa shape index (κ1) is 17.2. The lowest BCUT2D eigenvalue weighted by atomic mass is 10.1. The summed E-state index contributed by atoms with van der Waals surface area (Å²) in [7, 11) is 0. The van der Waals surface area contributed by atoms with Gasteiger partial charge in [-0.05, 0) is 20.3 Å². The fourth-order valence-corrected chi connectivity index (χ4v) is 2.52. The van der Waals surface area contributed by atoms with Crippen LogP contribution in [0.5, 0.6) is 5.75 Å². The first-order valence-corrected chi connectivity index (χ1v) is 7.34. The highest BCUT2D eigenvalue weighted by Gasteiger charge is 2.18. The van der Waals surface area contributed by atoms with Gasteiger partial charge in [-0.25, -0.2) is 0 Å². The standard InChI is InChI=1S/C17H26N2O2/c1-6-9-18(10-7-2)12-15-17(21)16(20)11-14(5)19(15)13(4)8-3/h6-7,11,13,21H,1-2,8-10,12H2,3-5H3. The van der Waals surface area contributed by atoms with E-state index in [0.29, 0.717) is 25.3 Å². The molecule has 0 aliphatic carbocycles. The molecule has 0 aromatic carbocycles. The molecule has 4 nitrogen and oxygen atoms in total. The smallest absolute Gasteiger partial charge is 0.223 e. The lowest BCUT2D eigenvalue weighted by Gasteiger charge is -2.27. The number of aromatic hydroxyl groups is 1. The zero-order chi connectivity index (χ0) is 16.0. The quantitative estimate of drug-likeness (QED) is 0.749. The van der Waals surface area contributed by atoms with Crippen LogP contribution in [0.15, 0.2) is 36.2 Å². The molecule has 0 radical (unpaired) electrons. The van der Waals surface area contributed by atoms with Crippen molar-refractivity contribution in [3.8, 4) is 5.75 Å². The number of aryl methyl sites for hydroxylation is 1. The first-order valence-electron chi connectivity index (χ1n) is 7.34. The van der Waals surface area contributed by atoms with E-state index in [-0.39, 0.29) is 17.2 Å². The molecule has 4 heteroatoms. The highest BCUT2D eigenvalue weighted by Crippen LogP contribution is 2.23. The molecule has 0 fully saturated rings. The summed E-state index contributed by atoms with van der Waals surface area (Å²) in [5.74, 6) is -0.154. The maximum absolute atomic E-state index is 11.9. The monoisotopic (exact) mass is 290 g/mol. The molecule has 1 rings (SSSR count). The van der Waals surface area contributed by atoms with Gasteiger partial charge in [0.05, 0.1) is 5.69 Å². The van der Waals surface area contributed by atoms with Crippen LogP contribution in [0.4, 0.5) is 0 Å². The van der Waals surface area contributed by atoms with Crippen molar-refractivity contribution in [1.29, 1.82) is 0 Å². The van der Waals surface area contributed by atoms with Crippen molar-refractivity contribution in [2.75, 3.05) is 13.1 Å². The van der Waals surface area contributed by atoms with E-state index in [1.165, 1.54) is 6.07 Å². The Kier molecular flexibility index (Phi) is 6.43. The van der Waals surface area contributed by atoms with Crippen molar-refractivity contribution in [2.45, 2.75) is 39.8 Å². The van der Waals surface area contributed by atoms with Gasteiger partial charge in [-0.3, -0.25) is 9.69 Å². The van der Waals surface area contributed by atoms with Gasteiger partial charge in [-0.15, -0.1) is 13.2 Å². The van der Waals surface area contributed by atoms with Crippen molar-refractivity contribution in [3.05, 3.63) is 53.0 Å². The molecule has 0 spiro atoms. The molecule has 1 atom stereocenters. The Bertz CT molecular complexity index is 551. The number of hydrogen-bond donors (Lipinski definition) is 1. The SMILES string of the molecule is C=CCN(CC=C)Cc1c(O)c(=O)cc(C)n1C(C)CC. The summed E-state index contributed by atoms with van der Waals surface area (Å²) in [6, 6.07) is 1.72.